The molecule has 0 saturated heterocycles. The third-order valence-electron chi connectivity index (χ3n) is 13.4. The van der Waals surface area contributed by atoms with Crippen molar-refractivity contribution < 1.29 is 0 Å². The fourth-order valence-electron chi connectivity index (χ4n) is 10.1. The number of fused-ring (bicyclic) bond motifs is 6. The van der Waals surface area contributed by atoms with Gasteiger partial charge in [0.1, 0.15) is 0 Å². The van der Waals surface area contributed by atoms with E-state index in [1.54, 1.807) is 0 Å². The maximum Gasteiger partial charge on any atom is 0.0971 e. The van der Waals surface area contributed by atoms with Crippen LogP contribution in [0.2, 0.25) is 0 Å². The van der Waals surface area contributed by atoms with Crippen LogP contribution in [-0.4, -0.2) is 9.55 Å². The van der Waals surface area contributed by atoms with Crippen LogP contribution in [0, 0.1) is 0 Å². The van der Waals surface area contributed by atoms with E-state index in [1.165, 1.54) is 50.1 Å². The highest BCUT2D eigenvalue weighted by atomic mass is 15.1. The number of hydrogen-bond donors (Lipinski definition) is 0. The molecule has 0 N–H and O–H groups in total. The van der Waals surface area contributed by atoms with Crippen LogP contribution >= 0.6 is 0 Å². The predicted molar refractivity (Wildman–Crippen MR) is 295 cm³/mol. The van der Waals surface area contributed by atoms with E-state index in [1.807, 2.05) is 27.7 Å². The molecule has 2 aromatic heterocycles. The lowest BCUT2D eigenvalue weighted by atomic mass is 9.82. The first-order valence-corrected chi connectivity index (χ1v) is 24.5. The largest absolute Gasteiger partial charge is 0.310 e. The standard InChI is InChI=1S/C62H45N3.2C2H6/c1-62(2)56-26-16-15-25-52(56)53-36-35-51(41-57(53)62)64(49-31-27-44(28-32-49)42-17-7-3-8-18-42)50-33-29-46(30-34-50)58-37-38-59-60(63-58)55-40-47(43-19-9-4-10-20-43)39-54(45-21-11-5-12-22-45)61(55)65(59)48-23-13-6-14-24-48;2*1-2/h3-41H,1-2H3;2*1-2H3. The number of rotatable bonds is 8. The van der Waals surface area contributed by atoms with Gasteiger partial charge in [0.2, 0.25) is 0 Å². The van der Waals surface area contributed by atoms with Gasteiger partial charge in [-0.2, -0.15) is 0 Å². The zero-order valence-corrected chi connectivity index (χ0v) is 40.4. The molecule has 9 aromatic carbocycles. The second-order valence-electron chi connectivity index (χ2n) is 17.6. The highest BCUT2D eigenvalue weighted by Crippen LogP contribution is 2.51. The molecule has 0 bridgehead atoms. The number of anilines is 3. The quantitative estimate of drug-likeness (QED) is 0.152. The molecule has 3 nitrogen and oxygen atoms in total. The molecule has 3 heteroatoms. The first-order chi connectivity index (χ1) is 34.0. The fourth-order valence-corrected chi connectivity index (χ4v) is 10.1. The highest BCUT2D eigenvalue weighted by molar-refractivity contribution is 6.14. The Bertz CT molecular complexity index is 3520. The Morgan fingerprint density at radius 3 is 1.49 bits per heavy atom. The number of pyridine rings is 1. The van der Waals surface area contributed by atoms with Gasteiger partial charge in [0.15, 0.2) is 0 Å². The van der Waals surface area contributed by atoms with Crippen LogP contribution in [0.15, 0.2) is 237 Å². The van der Waals surface area contributed by atoms with E-state index in [2.05, 4.69) is 260 Å². The molecule has 0 radical (unpaired) electrons. The van der Waals surface area contributed by atoms with Gasteiger partial charge in [0, 0.05) is 44.7 Å². The zero-order chi connectivity index (χ0) is 47.5. The minimum absolute atomic E-state index is 0.119. The molecule has 0 unspecified atom stereocenters. The van der Waals surface area contributed by atoms with Crippen molar-refractivity contribution in [3.63, 3.8) is 0 Å². The minimum atomic E-state index is -0.119. The summed E-state index contributed by atoms with van der Waals surface area (Å²) in [4.78, 5) is 7.95. The van der Waals surface area contributed by atoms with Crippen molar-refractivity contribution in [2.24, 2.45) is 0 Å². The van der Waals surface area contributed by atoms with Gasteiger partial charge < -0.3 is 9.47 Å². The molecule has 1 aliphatic carbocycles. The number of benzene rings is 9. The summed E-state index contributed by atoms with van der Waals surface area (Å²) in [6.45, 7) is 12.7. The normalized spacial score (nSPS) is 12.0. The average molecular weight is 892 g/mol. The molecule has 11 aromatic rings. The lowest BCUT2D eigenvalue weighted by Gasteiger charge is -2.28. The maximum atomic E-state index is 5.56. The first kappa shape index (κ1) is 44.6. The Morgan fingerprint density at radius 1 is 0.377 bits per heavy atom. The van der Waals surface area contributed by atoms with Crippen LogP contribution in [0.5, 0.6) is 0 Å². The topological polar surface area (TPSA) is 21.1 Å². The third kappa shape index (κ3) is 8.10. The minimum Gasteiger partial charge on any atom is -0.310 e. The third-order valence-corrected chi connectivity index (χ3v) is 13.4. The summed E-state index contributed by atoms with van der Waals surface area (Å²) in [6.07, 6.45) is 0. The van der Waals surface area contributed by atoms with E-state index < -0.39 is 0 Å². The lowest BCUT2D eigenvalue weighted by Crippen LogP contribution is -2.16. The van der Waals surface area contributed by atoms with Crippen molar-refractivity contribution in [2.45, 2.75) is 47.0 Å². The van der Waals surface area contributed by atoms with E-state index in [-0.39, 0.29) is 5.41 Å². The molecule has 0 saturated carbocycles. The second kappa shape index (κ2) is 19.1. The number of aromatic nitrogens is 2. The Kier molecular flexibility index (Phi) is 12.4. The molecule has 0 atom stereocenters. The molecule has 12 rings (SSSR count). The van der Waals surface area contributed by atoms with Crippen LogP contribution in [0.25, 0.3) is 83.4 Å². The number of nitrogens with zero attached hydrogens (tertiary/aromatic N) is 3. The van der Waals surface area contributed by atoms with E-state index >= 15 is 0 Å². The number of hydrogen-bond acceptors (Lipinski definition) is 2. The maximum absolute atomic E-state index is 5.56. The number of para-hydroxylation sites is 1. The molecular weight excluding hydrogens is 835 g/mol. The summed E-state index contributed by atoms with van der Waals surface area (Å²) in [5.74, 6) is 0. The van der Waals surface area contributed by atoms with E-state index in [4.69, 9.17) is 4.98 Å². The summed E-state index contributed by atoms with van der Waals surface area (Å²) in [7, 11) is 0. The fraction of sp³-hybridized carbons (Fsp3) is 0.106. The van der Waals surface area contributed by atoms with Gasteiger partial charge in [-0.05, 0) is 123 Å². The van der Waals surface area contributed by atoms with E-state index in [0.717, 1.165) is 61.5 Å². The summed E-state index contributed by atoms with van der Waals surface area (Å²) in [6, 6.07) is 85.5. The Morgan fingerprint density at radius 2 is 0.870 bits per heavy atom. The molecule has 1 aliphatic rings. The van der Waals surface area contributed by atoms with Crippen LogP contribution in [0.4, 0.5) is 17.1 Å². The highest BCUT2D eigenvalue weighted by Gasteiger charge is 2.35. The first-order valence-electron chi connectivity index (χ1n) is 24.5. The molecule has 2 heterocycles. The van der Waals surface area contributed by atoms with Gasteiger partial charge >= 0.3 is 0 Å². The monoisotopic (exact) mass is 891 g/mol. The summed E-state index contributed by atoms with van der Waals surface area (Å²) >= 11 is 0. The summed E-state index contributed by atoms with van der Waals surface area (Å²) in [5.41, 5.74) is 21.9. The van der Waals surface area contributed by atoms with Gasteiger partial charge in [-0.25, -0.2) is 4.98 Å². The van der Waals surface area contributed by atoms with Crippen LogP contribution < -0.4 is 4.90 Å². The Hall–Kier alpha value is -8.27. The average Bonchev–Trinajstić information content (AvgIpc) is 3.88. The van der Waals surface area contributed by atoms with Crippen molar-refractivity contribution in [1.29, 1.82) is 0 Å². The lowest BCUT2D eigenvalue weighted by molar-refractivity contribution is 0.660. The van der Waals surface area contributed by atoms with Gasteiger partial charge in [-0.1, -0.05) is 205 Å². The van der Waals surface area contributed by atoms with Gasteiger partial charge in [0.25, 0.3) is 0 Å². The van der Waals surface area contributed by atoms with Crippen molar-refractivity contribution in [3.05, 3.63) is 248 Å². The Balaban J connectivity index is 0.00000135. The van der Waals surface area contributed by atoms with Crippen molar-refractivity contribution in [2.75, 3.05) is 4.90 Å². The zero-order valence-electron chi connectivity index (χ0n) is 40.4. The second-order valence-corrected chi connectivity index (χ2v) is 17.6. The van der Waals surface area contributed by atoms with Crippen LogP contribution in [0.1, 0.15) is 52.7 Å². The molecule has 0 fully saturated rings. The summed E-state index contributed by atoms with van der Waals surface area (Å²) in [5, 5.41) is 1.12. The van der Waals surface area contributed by atoms with E-state index in [9.17, 15) is 0 Å². The molecule has 0 aliphatic heterocycles. The Labute approximate surface area is 407 Å². The molecule has 0 amide bonds. The van der Waals surface area contributed by atoms with Crippen LogP contribution in [-0.2, 0) is 5.41 Å². The smallest absolute Gasteiger partial charge is 0.0971 e. The van der Waals surface area contributed by atoms with E-state index in [0.29, 0.717) is 0 Å². The van der Waals surface area contributed by atoms with Crippen molar-refractivity contribution in [3.8, 4) is 61.5 Å². The van der Waals surface area contributed by atoms with Gasteiger partial charge in [0.05, 0.1) is 22.2 Å². The molecular formula is C66H57N3. The van der Waals surface area contributed by atoms with Crippen molar-refractivity contribution in [1.82, 2.24) is 9.55 Å². The molecule has 336 valence electrons. The van der Waals surface area contributed by atoms with Gasteiger partial charge in [-0.3, -0.25) is 0 Å². The molecule has 0 spiro atoms. The van der Waals surface area contributed by atoms with Crippen LogP contribution in [0.3, 0.4) is 0 Å². The SMILES string of the molecule is CC.CC.CC1(C)c2ccccc2-c2ccc(N(c3ccc(-c4ccccc4)cc3)c3ccc(-c4ccc5c(n4)c4cc(-c6ccccc6)cc(-c6ccccc6)c4n5-c4ccccc4)cc3)cc21. The summed E-state index contributed by atoms with van der Waals surface area (Å²) < 4.78 is 2.39. The predicted octanol–water partition coefficient (Wildman–Crippen LogP) is 18.7. The molecule has 69 heavy (non-hydrogen) atoms. The van der Waals surface area contributed by atoms with Crippen molar-refractivity contribution >= 4 is 39.0 Å². The van der Waals surface area contributed by atoms with Gasteiger partial charge in [-0.15, -0.1) is 0 Å².